The average Bonchev–Trinajstić information content (AvgIpc) is 2.73. The topological polar surface area (TPSA) is 116 Å². The van der Waals surface area contributed by atoms with Gasteiger partial charge in [-0.3, -0.25) is 14.9 Å². The lowest BCUT2D eigenvalue weighted by Gasteiger charge is -2.18. The van der Waals surface area contributed by atoms with Crippen molar-refractivity contribution in [2.45, 2.75) is 17.5 Å². The Labute approximate surface area is 187 Å². The van der Waals surface area contributed by atoms with E-state index in [4.69, 9.17) is 4.74 Å². The number of nitrogens with zero attached hydrogens (tertiary/aromatic N) is 2. The molecule has 0 spiro atoms. The van der Waals surface area contributed by atoms with E-state index in [1.807, 2.05) is 0 Å². The van der Waals surface area contributed by atoms with Crippen molar-refractivity contribution >= 4 is 21.4 Å². The zero-order valence-electron chi connectivity index (χ0n) is 17.7. The minimum Gasteiger partial charge on any atom is -0.493 e. The molecular formula is C20H21F3N2O7S. The van der Waals surface area contributed by atoms with Crippen molar-refractivity contribution in [1.29, 1.82) is 0 Å². The number of carbonyl (C=O) groups excluding carboxylic acids is 1. The van der Waals surface area contributed by atoms with Crippen LogP contribution in [0.3, 0.4) is 0 Å². The lowest BCUT2D eigenvalue weighted by atomic mass is 10.1. The first kappa shape index (κ1) is 25.9. The van der Waals surface area contributed by atoms with Gasteiger partial charge in [-0.1, -0.05) is 6.07 Å². The van der Waals surface area contributed by atoms with Gasteiger partial charge in [0.1, 0.15) is 17.1 Å². The number of amides is 1. The van der Waals surface area contributed by atoms with Crippen molar-refractivity contribution < 1.29 is 40.8 Å². The van der Waals surface area contributed by atoms with Crippen LogP contribution in [0.1, 0.15) is 16.8 Å². The molecule has 180 valence electrons. The number of nitro groups is 1. The number of alkyl halides is 3. The molecule has 0 bridgehead atoms. The van der Waals surface area contributed by atoms with Crippen molar-refractivity contribution in [3.05, 3.63) is 58.1 Å². The Morgan fingerprint density at radius 2 is 1.79 bits per heavy atom. The van der Waals surface area contributed by atoms with Crippen LogP contribution in [0.5, 0.6) is 11.5 Å². The summed E-state index contributed by atoms with van der Waals surface area (Å²) in [6.45, 7) is -1.39. The summed E-state index contributed by atoms with van der Waals surface area (Å²) in [6, 6.07) is 8.67. The third kappa shape index (κ3) is 7.93. The summed E-state index contributed by atoms with van der Waals surface area (Å²) in [5.41, 5.74) is -0.982. The summed E-state index contributed by atoms with van der Waals surface area (Å²) in [5.74, 6) is -0.793. The number of sulfone groups is 1. The van der Waals surface area contributed by atoms with Gasteiger partial charge in [-0.15, -0.1) is 0 Å². The van der Waals surface area contributed by atoms with Gasteiger partial charge < -0.3 is 14.4 Å². The van der Waals surface area contributed by atoms with Gasteiger partial charge in [-0.2, -0.15) is 13.2 Å². The third-order valence-electron chi connectivity index (χ3n) is 4.28. The maximum atomic E-state index is 12.7. The Bertz CT molecular complexity index is 1120. The molecule has 0 N–H and O–H groups in total. The summed E-state index contributed by atoms with van der Waals surface area (Å²) >= 11 is 0. The van der Waals surface area contributed by atoms with Crippen LogP contribution < -0.4 is 9.47 Å². The molecular weight excluding hydrogens is 469 g/mol. The minimum absolute atomic E-state index is 0.0900. The van der Waals surface area contributed by atoms with E-state index in [9.17, 15) is 36.5 Å². The van der Waals surface area contributed by atoms with Crippen LogP contribution in [0, 0.1) is 10.1 Å². The van der Waals surface area contributed by atoms with Crippen LogP contribution in [0.15, 0.2) is 47.4 Å². The van der Waals surface area contributed by atoms with E-state index in [0.29, 0.717) is 12.2 Å². The van der Waals surface area contributed by atoms with Gasteiger partial charge in [0, 0.05) is 25.9 Å². The van der Waals surface area contributed by atoms with E-state index in [-0.39, 0.29) is 23.8 Å². The van der Waals surface area contributed by atoms with Crippen LogP contribution in [0.25, 0.3) is 0 Å². The number of ether oxygens (including phenoxy) is 2. The molecule has 0 aliphatic carbocycles. The summed E-state index contributed by atoms with van der Waals surface area (Å²) in [7, 11) is -2.02. The Morgan fingerprint density at radius 1 is 1.12 bits per heavy atom. The number of carbonyl (C=O) groups is 1. The fraction of sp³-hybridized carbons (Fsp3) is 0.350. The highest BCUT2D eigenvalue weighted by Gasteiger charge is 2.29. The molecule has 0 radical (unpaired) electrons. The zero-order chi connectivity index (χ0) is 24.8. The highest BCUT2D eigenvalue weighted by Crippen LogP contribution is 2.27. The van der Waals surface area contributed by atoms with Crippen molar-refractivity contribution in [1.82, 2.24) is 4.90 Å². The predicted molar refractivity (Wildman–Crippen MR) is 111 cm³/mol. The Hall–Kier alpha value is -3.35. The van der Waals surface area contributed by atoms with E-state index >= 15 is 0 Å². The Kier molecular flexibility index (Phi) is 8.25. The molecule has 0 heterocycles. The first-order valence-electron chi connectivity index (χ1n) is 9.44. The summed E-state index contributed by atoms with van der Waals surface area (Å²) < 4.78 is 70.3. The fourth-order valence-corrected chi connectivity index (χ4v) is 3.35. The van der Waals surface area contributed by atoms with Crippen molar-refractivity contribution in [2.75, 3.05) is 33.1 Å². The number of hydrogen-bond donors (Lipinski definition) is 0. The highest BCUT2D eigenvalue weighted by molar-refractivity contribution is 7.90. The SMILES string of the molecule is CN(CCCOc1cccc(S(C)(=O)=O)c1)C(=O)c1cc(OCC(F)(F)F)ccc1[N+](=O)[O-]. The lowest BCUT2D eigenvalue weighted by Crippen LogP contribution is -2.29. The number of benzene rings is 2. The molecule has 0 fully saturated rings. The predicted octanol–water partition coefficient (Wildman–Crippen LogP) is 3.48. The van der Waals surface area contributed by atoms with Crippen molar-refractivity contribution in [3.63, 3.8) is 0 Å². The van der Waals surface area contributed by atoms with Crippen LogP contribution in [-0.4, -0.2) is 63.4 Å². The second kappa shape index (κ2) is 10.5. The third-order valence-corrected chi connectivity index (χ3v) is 5.39. The summed E-state index contributed by atoms with van der Waals surface area (Å²) in [6.07, 6.45) is -3.25. The molecule has 2 aromatic carbocycles. The smallest absolute Gasteiger partial charge is 0.422 e. The van der Waals surface area contributed by atoms with E-state index < -0.39 is 44.7 Å². The fourth-order valence-electron chi connectivity index (χ4n) is 2.69. The Morgan fingerprint density at radius 3 is 2.39 bits per heavy atom. The highest BCUT2D eigenvalue weighted by atomic mass is 32.2. The molecule has 0 unspecified atom stereocenters. The molecule has 13 heteroatoms. The van der Waals surface area contributed by atoms with Gasteiger partial charge in [-0.25, -0.2) is 8.42 Å². The maximum Gasteiger partial charge on any atom is 0.422 e. The average molecular weight is 490 g/mol. The van der Waals surface area contributed by atoms with Gasteiger partial charge >= 0.3 is 6.18 Å². The number of hydrogen-bond acceptors (Lipinski definition) is 7. The largest absolute Gasteiger partial charge is 0.493 e. The normalized spacial score (nSPS) is 11.7. The second-order valence-electron chi connectivity index (χ2n) is 7.02. The number of halogens is 3. The van der Waals surface area contributed by atoms with E-state index in [1.165, 1.54) is 25.2 Å². The summed E-state index contributed by atoms with van der Waals surface area (Å²) in [4.78, 5) is 24.4. The maximum absolute atomic E-state index is 12.7. The van der Waals surface area contributed by atoms with Crippen molar-refractivity contribution in [2.24, 2.45) is 0 Å². The zero-order valence-corrected chi connectivity index (χ0v) is 18.5. The molecule has 9 nitrogen and oxygen atoms in total. The molecule has 0 aromatic heterocycles. The minimum atomic E-state index is -4.61. The van der Waals surface area contributed by atoms with E-state index in [0.717, 1.165) is 29.4 Å². The molecule has 0 aliphatic rings. The quantitative estimate of drug-likeness (QED) is 0.284. The van der Waals surface area contributed by atoms with Crippen LogP contribution in [0.4, 0.5) is 18.9 Å². The van der Waals surface area contributed by atoms with Crippen LogP contribution >= 0.6 is 0 Å². The molecule has 2 aromatic rings. The van der Waals surface area contributed by atoms with Gasteiger partial charge in [0.05, 0.1) is 16.4 Å². The molecule has 1 amide bonds. The molecule has 0 saturated carbocycles. The standard InChI is InChI=1S/C20H21F3N2O7S/c1-24(9-4-10-31-14-5-3-6-16(11-14)33(2,29)30)19(26)17-12-15(32-13-20(21,22)23)7-8-18(17)25(27)28/h3,5-8,11-12H,4,9-10,13H2,1-2H3. The monoisotopic (exact) mass is 490 g/mol. The van der Waals surface area contributed by atoms with E-state index in [2.05, 4.69) is 4.74 Å². The molecule has 0 aliphatic heterocycles. The first-order valence-corrected chi connectivity index (χ1v) is 11.3. The Balaban J connectivity index is 2.01. The van der Waals surface area contributed by atoms with Gasteiger partial charge in [0.15, 0.2) is 16.4 Å². The number of rotatable bonds is 10. The molecule has 0 atom stereocenters. The summed E-state index contributed by atoms with van der Waals surface area (Å²) in [5, 5.41) is 11.2. The second-order valence-corrected chi connectivity index (χ2v) is 9.03. The lowest BCUT2D eigenvalue weighted by molar-refractivity contribution is -0.385. The van der Waals surface area contributed by atoms with Crippen LogP contribution in [-0.2, 0) is 9.84 Å². The van der Waals surface area contributed by atoms with Gasteiger partial charge in [-0.05, 0) is 36.8 Å². The van der Waals surface area contributed by atoms with Gasteiger partial charge in [0.2, 0.25) is 0 Å². The molecule has 33 heavy (non-hydrogen) atoms. The molecule has 0 saturated heterocycles. The van der Waals surface area contributed by atoms with Gasteiger partial charge in [0.25, 0.3) is 11.6 Å². The number of nitro benzene ring substituents is 1. The van der Waals surface area contributed by atoms with Crippen molar-refractivity contribution in [3.8, 4) is 11.5 Å². The first-order chi connectivity index (χ1) is 15.3. The molecule has 2 rings (SSSR count). The van der Waals surface area contributed by atoms with Crippen LogP contribution in [0.2, 0.25) is 0 Å². The van der Waals surface area contributed by atoms with E-state index in [1.54, 1.807) is 6.07 Å².